The van der Waals surface area contributed by atoms with Crippen molar-refractivity contribution in [2.24, 2.45) is 0 Å². The summed E-state index contributed by atoms with van der Waals surface area (Å²) in [5.41, 5.74) is 0.857. The van der Waals surface area contributed by atoms with Crippen molar-refractivity contribution < 1.29 is 4.39 Å². The van der Waals surface area contributed by atoms with Crippen molar-refractivity contribution in [3.8, 4) is 0 Å². The lowest BCUT2D eigenvalue weighted by Gasteiger charge is -2.32. The number of aryl methyl sites for hydroxylation is 1. The maximum Gasteiger partial charge on any atom is 0.126 e. The van der Waals surface area contributed by atoms with E-state index in [9.17, 15) is 4.39 Å². The van der Waals surface area contributed by atoms with Crippen LogP contribution in [0.4, 0.5) is 4.39 Å². The average molecular weight is 362 g/mol. The molecule has 100 valence electrons. The molecule has 1 aliphatic heterocycles. The molecule has 1 aromatic rings. The van der Waals surface area contributed by atoms with Gasteiger partial charge in [-0.3, -0.25) is 0 Å². The van der Waals surface area contributed by atoms with Gasteiger partial charge in [0.25, 0.3) is 0 Å². The third-order valence-corrected chi connectivity index (χ3v) is 4.20. The quantitative estimate of drug-likeness (QED) is 0.760. The summed E-state index contributed by atoms with van der Waals surface area (Å²) in [5, 5.41) is 0. The summed E-state index contributed by atoms with van der Waals surface area (Å²) in [6.45, 7) is 5.67. The van der Waals surface area contributed by atoms with Crippen molar-refractivity contribution in [1.82, 2.24) is 9.80 Å². The fraction of sp³-hybridized carbons (Fsp3) is 0.571. The van der Waals surface area contributed by atoms with E-state index in [0.29, 0.717) is 0 Å². The molecule has 0 radical (unpaired) electrons. The molecule has 1 heterocycles. The fourth-order valence-corrected chi connectivity index (χ4v) is 2.86. The number of piperazine rings is 1. The average Bonchev–Trinajstić information content (AvgIpc) is 2.36. The van der Waals surface area contributed by atoms with Crippen LogP contribution in [-0.2, 0) is 6.42 Å². The van der Waals surface area contributed by atoms with Gasteiger partial charge < -0.3 is 9.80 Å². The first kappa shape index (κ1) is 14.2. The van der Waals surface area contributed by atoms with Crippen LogP contribution in [-0.4, -0.2) is 49.6 Å². The van der Waals surface area contributed by atoms with Crippen molar-refractivity contribution in [2.45, 2.75) is 12.8 Å². The molecule has 2 nitrogen and oxygen atoms in total. The number of benzene rings is 1. The topological polar surface area (TPSA) is 6.48 Å². The minimum atomic E-state index is -0.0613. The van der Waals surface area contributed by atoms with E-state index in [4.69, 9.17) is 0 Å². The molecule has 18 heavy (non-hydrogen) atoms. The normalized spacial score (nSPS) is 18.2. The first-order valence-electron chi connectivity index (χ1n) is 6.50. The summed E-state index contributed by atoms with van der Waals surface area (Å²) >= 11 is 2.24. The highest BCUT2D eigenvalue weighted by atomic mass is 127. The summed E-state index contributed by atoms with van der Waals surface area (Å²) in [6, 6.07) is 5.35. The molecule has 0 aromatic heterocycles. The molecule has 0 atom stereocenters. The number of nitrogens with zero attached hydrogens (tertiary/aromatic N) is 2. The van der Waals surface area contributed by atoms with Gasteiger partial charge in [-0.25, -0.2) is 4.39 Å². The van der Waals surface area contributed by atoms with E-state index in [2.05, 4.69) is 39.4 Å². The molecule has 0 aliphatic carbocycles. The Bertz CT molecular complexity index is 389. The Balaban J connectivity index is 1.76. The lowest BCUT2D eigenvalue weighted by molar-refractivity contribution is 0.153. The lowest BCUT2D eigenvalue weighted by atomic mass is 10.1. The van der Waals surface area contributed by atoms with Crippen LogP contribution in [0.5, 0.6) is 0 Å². The monoisotopic (exact) mass is 362 g/mol. The Labute approximate surface area is 122 Å². The largest absolute Gasteiger partial charge is 0.304 e. The fourth-order valence-electron chi connectivity index (χ4n) is 2.30. The van der Waals surface area contributed by atoms with Gasteiger partial charge in [-0.1, -0.05) is 0 Å². The molecule has 4 heteroatoms. The second kappa shape index (κ2) is 6.82. The zero-order valence-electron chi connectivity index (χ0n) is 10.8. The molecule has 2 rings (SSSR count). The number of hydrogen-bond donors (Lipinski definition) is 0. The van der Waals surface area contributed by atoms with Crippen molar-refractivity contribution in [1.29, 1.82) is 0 Å². The Morgan fingerprint density at radius 2 is 1.94 bits per heavy atom. The van der Waals surface area contributed by atoms with Crippen LogP contribution >= 0.6 is 22.6 Å². The van der Waals surface area contributed by atoms with Crippen LogP contribution in [0.15, 0.2) is 18.2 Å². The maximum atomic E-state index is 13.6. The first-order chi connectivity index (χ1) is 8.65. The first-order valence-corrected chi connectivity index (χ1v) is 7.58. The SMILES string of the molecule is CN1CCN(CCCc2cc(I)ccc2F)CC1. The van der Waals surface area contributed by atoms with Gasteiger partial charge in [0, 0.05) is 29.7 Å². The Kier molecular flexibility index (Phi) is 5.38. The second-order valence-corrected chi connectivity index (χ2v) is 6.23. The second-order valence-electron chi connectivity index (χ2n) is 4.98. The van der Waals surface area contributed by atoms with Crippen LogP contribution in [0.25, 0.3) is 0 Å². The van der Waals surface area contributed by atoms with Gasteiger partial charge in [-0.2, -0.15) is 0 Å². The molecular weight excluding hydrogens is 342 g/mol. The number of halogens is 2. The molecule has 0 spiro atoms. The molecule has 1 aromatic carbocycles. The summed E-state index contributed by atoms with van der Waals surface area (Å²) in [4.78, 5) is 4.83. The summed E-state index contributed by atoms with van der Waals surface area (Å²) < 4.78 is 14.7. The van der Waals surface area contributed by atoms with Gasteiger partial charge in [0.2, 0.25) is 0 Å². The highest BCUT2D eigenvalue weighted by molar-refractivity contribution is 14.1. The van der Waals surface area contributed by atoms with E-state index in [1.807, 2.05) is 12.1 Å². The number of hydrogen-bond acceptors (Lipinski definition) is 2. The van der Waals surface area contributed by atoms with Crippen molar-refractivity contribution >= 4 is 22.6 Å². The molecule has 0 unspecified atom stereocenters. The minimum absolute atomic E-state index is 0.0613. The summed E-state index contributed by atoms with van der Waals surface area (Å²) in [5.74, 6) is -0.0613. The molecular formula is C14H20FIN2. The Morgan fingerprint density at radius 1 is 1.22 bits per heavy atom. The zero-order chi connectivity index (χ0) is 13.0. The van der Waals surface area contributed by atoms with Crippen molar-refractivity contribution in [2.75, 3.05) is 39.8 Å². The van der Waals surface area contributed by atoms with E-state index < -0.39 is 0 Å². The van der Waals surface area contributed by atoms with Crippen molar-refractivity contribution in [3.63, 3.8) is 0 Å². The lowest BCUT2D eigenvalue weighted by Crippen LogP contribution is -2.44. The molecule has 1 aliphatic rings. The summed E-state index contributed by atoms with van der Waals surface area (Å²) in [7, 11) is 2.17. The van der Waals surface area contributed by atoms with Gasteiger partial charge >= 0.3 is 0 Å². The molecule has 1 fully saturated rings. The van der Waals surface area contributed by atoms with E-state index in [1.165, 1.54) is 0 Å². The summed E-state index contributed by atoms with van der Waals surface area (Å²) in [6.07, 6.45) is 1.88. The van der Waals surface area contributed by atoms with E-state index >= 15 is 0 Å². The smallest absolute Gasteiger partial charge is 0.126 e. The highest BCUT2D eigenvalue weighted by Gasteiger charge is 2.13. The standard InChI is InChI=1S/C14H20FIN2/c1-17-7-9-18(10-8-17)6-2-3-12-11-13(16)4-5-14(12)15/h4-5,11H,2-3,6-10H2,1H3. The minimum Gasteiger partial charge on any atom is -0.304 e. The van der Waals surface area contributed by atoms with Gasteiger partial charge in [-0.05, 0) is 72.8 Å². The van der Waals surface area contributed by atoms with Crippen molar-refractivity contribution in [3.05, 3.63) is 33.1 Å². The molecule has 0 saturated carbocycles. The van der Waals surface area contributed by atoms with E-state index in [1.54, 1.807) is 6.07 Å². The van der Waals surface area contributed by atoms with Crippen LogP contribution in [0, 0.1) is 9.39 Å². The molecule has 0 amide bonds. The molecule has 1 saturated heterocycles. The van der Waals surface area contributed by atoms with Crippen LogP contribution in [0.1, 0.15) is 12.0 Å². The Morgan fingerprint density at radius 3 is 2.67 bits per heavy atom. The van der Waals surface area contributed by atoms with E-state index in [0.717, 1.165) is 54.7 Å². The predicted octanol–water partition coefficient (Wildman–Crippen LogP) is 2.61. The Hall–Kier alpha value is -0.200. The third kappa shape index (κ3) is 4.17. The zero-order valence-corrected chi connectivity index (χ0v) is 13.0. The predicted molar refractivity (Wildman–Crippen MR) is 81.4 cm³/mol. The van der Waals surface area contributed by atoms with Crippen LogP contribution in [0.2, 0.25) is 0 Å². The van der Waals surface area contributed by atoms with Gasteiger partial charge in [0.1, 0.15) is 5.82 Å². The maximum absolute atomic E-state index is 13.6. The van der Waals surface area contributed by atoms with E-state index in [-0.39, 0.29) is 5.82 Å². The highest BCUT2D eigenvalue weighted by Crippen LogP contribution is 2.14. The van der Waals surface area contributed by atoms with Gasteiger partial charge in [-0.15, -0.1) is 0 Å². The molecule has 0 bridgehead atoms. The third-order valence-electron chi connectivity index (χ3n) is 3.52. The van der Waals surface area contributed by atoms with Gasteiger partial charge in [0.15, 0.2) is 0 Å². The van der Waals surface area contributed by atoms with Crippen LogP contribution < -0.4 is 0 Å². The van der Waals surface area contributed by atoms with Crippen LogP contribution in [0.3, 0.4) is 0 Å². The number of likely N-dealkylation sites (N-methyl/N-ethyl adjacent to an activating group) is 1. The molecule has 0 N–H and O–H groups in total. The number of rotatable bonds is 4. The van der Waals surface area contributed by atoms with Gasteiger partial charge in [0.05, 0.1) is 0 Å².